The van der Waals surface area contributed by atoms with Crippen molar-refractivity contribution in [3.63, 3.8) is 0 Å². The van der Waals surface area contributed by atoms with Gasteiger partial charge in [-0.1, -0.05) is 0 Å². The van der Waals surface area contributed by atoms with Crippen LogP contribution in [0.1, 0.15) is 25.7 Å². The molecule has 0 N–H and O–H groups in total. The van der Waals surface area contributed by atoms with Crippen LogP contribution in [-0.4, -0.2) is 77.8 Å². The maximum absolute atomic E-state index is 7.24. The fourth-order valence-electron chi connectivity index (χ4n) is 7.32. The Kier molecular flexibility index (Phi) is 5.95. The molecular formula is C30H31N2O8Sb. The zero-order valence-electron chi connectivity index (χ0n) is 22.2. The van der Waals surface area contributed by atoms with Crippen molar-refractivity contribution in [2.24, 2.45) is 0 Å². The molecule has 3 aromatic rings. The first kappa shape index (κ1) is 25.6. The Hall–Kier alpha value is -1.92. The second kappa shape index (κ2) is 9.54. The first-order chi connectivity index (χ1) is 20.2. The molecule has 41 heavy (non-hydrogen) atoms. The Morgan fingerprint density at radius 1 is 0.463 bits per heavy atom. The van der Waals surface area contributed by atoms with Crippen molar-refractivity contribution in [2.45, 2.75) is 74.5 Å². The van der Waals surface area contributed by atoms with E-state index in [0.717, 1.165) is 36.2 Å². The average Bonchev–Trinajstić information content (AvgIpc) is 3.87. The van der Waals surface area contributed by atoms with E-state index in [1.165, 1.54) is 10.8 Å². The predicted octanol–water partition coefficient (Wildman–Crippen LogP) is 1.92. The molecule has 6 fully saturated rings. The summed E-state index contributed by atoms with van der Waals surface area (Å²) in [5.74, 6) is 0. The van der Waals surface area contributed by atoms with E-state index in [1.54, 1.807) is 0 Å². The van der Waals surface area contributed by atoms with Crippen molar-refractivity contribution < 1.29 is 35.1 Å². The third kappa shape index (κ3) is 3.68. The van der Waals surface area contributed by atoms with E-state index in [0.29, 0.717) is 0 Å². The molecule has 6 saturated heterocycles. The molecule has 11 heteroatoms. The van der Waals surface area contributed by atoms with Gasteiger partial charge in [0.25, 0.3) is 0 Å². The van der Waals surface area contributed by atoms with Gasteiger partial charge in [-0.3, -0.25) is 0 Å². The Balaban J connectivity index is 1.22. The van der Waals surface area contributed by atoms with Crippen molar-refractivity contribution in [1.82, 2.24) is 10.8 Å². The van der Waals surface area contributed by atoms with Crippen LogP contribution in [0.5, 0.6) is 0 Å². The molecule has 214 valence electrons. The predicted molar refractivity (Wildman–Crippen MR) is 145 cm³/mol. The normalized spacial score (nSPS) is 36.8. The van der Waals surface area contributed by atoms with Crippen LogP contribution in [0.4, 0.5) is 0 Å². The number of ether oxygens (including phenoxy) is 2. The van der Waals surface area contributed by atoms with Crippen LogP contribution in [0.25, 0.3) is 0 Å². The summed E-state index contributed by atoms with van der Waals surface area (Å²) in [6.07, 6.45) is 2.67. The Labute approximate surface area is 239 Å². The van der Waals surface area contributed by atoms with E-state index in [2.05, 4.69) is 0 Å². The molecule has 6 heterocycles. The van der Waals surface area contributed by atoms with Gasteiger partial charge in [-0.2, -0.15) is 0 Å². The van der Waals surface area contributed by atoms with Gasteiger partial charge in [-0.25, -0.2) is 0 Å². The number of benzene rings is 3. The number of hydrogen-bond donors (Lipinski definition) is 0. The molecule has 3 aromatic carbocycles. The fourth-order valence-corrected chi connectivity index (χ4v) is 19.6. The van der Waals surface area contributed by atoms with E-state index >= 15 is 0 Å². The standard InChI is InChI=1S/2C6H8NO4.3C6H5.Sb/c2*8-7-10-5-3-1-2-4(9-3)6(5)11-7;3*1-2-4-6-5-3-1;/h2*3-6H,1-2H2;3*1-5H;/q2*-1;;;;+2. The van der Waals surface area contributed by atoms with Gasteiger partial charge in [-0.15, -0.1) is 0 Å². The monoisotopic (exact) mass is 668 g/mol. The molecule has 8 atom stereocenters. The third-order valence-electron chi connectivity index (χ3n) is 9.24. The molecule has 4 bridgehead atoms. The summed E-state index contributed by atoms with van der Waals surface area (Å²) in [5.41, 5.74) is 0. The van der Waals surface area contributed by atoms with Gasteiger partial charge in [-0.05, 0) is 0 Å². The average molecular weight is 669 g/mol. The SMILES string of the molecule is c1cc[c]([Sb]([O]N2OC3C4CCC(O4)C3O2)([O]N2OC3C4CCC(O4)C3O2)([c]2ccccc2)[c]2ccccc2)cc1. The van der Waals surface area contributed by atoms with E-state index in [4.69, 9.17) is 35.1 Å². The quantitative estimate of drug-likeness (QED) is 0.349. The van der Waals surface area contributed by atoms with Gasteiger partial charge < -0.3 is 0 Å². The topological polar surface area (TPSA) is 80.3 Å². The Morgan fingerprint density at radius 3 is 1.05 bits per heavy atom. The summed E-state index contributed by atoms with van der Waals surface area (Å²) in [5, 5.41) is 2.39. The minimum atomic E-state index is -5.73. The van der Waals surface area contributed by atoms with Crippen LogP contribution in [-0.2, 0) is 35.1 Å². The minimum absolute atomic E-state index is 0.0238. The molecule has 0 aromatic heterocycles. The van der Waals surface area contributed by atoms with Gasteiger partial charge in [0, 0.05) is 0 Å². The van der Waals surface area contributed by atoms with Crippen molar-refractivity contribution in [1.29, 1.82) is 0 Å². The van der Waals surface area contributed by atoms with Crippen LogP contribution in [0.15, 0.2) is 91.0 Å². The Bertz CT molecular complexity index is 1240. The van der Waals surface area contributed by atoms with Crippen LogP contribution in [0.3, 0.4) is 0 Å². The molecule has 6 aliphatic heterocycles. The van der Waals surface area contributed by atoms with Gasteiger partial charge in [0.1, 0.15) is 0 Å². The summed E-state index contributed by atoms with van der Waals surface area (Å²) < 4.78 is 29.2. The van der Waals surface area contributed by atoms with Crippen LogP contribution >= 0.6 is 0 Å². The first-order valence-electron chi connectivity index (χ1n) is 14.4. The van der Waals surface area contributed by atoms with Crippen molar-refractivity contribution in [2.75, 3.05) is 0 Å². The molecular weight excluding hydrogens is 638 g/mol. The summed E-state index contributed by atoms with van der Waals surface area (Å²) >= 11 is -5.73. The van der Waals surface area contributed by atoms with E-state index in [-0.39, 0.29) is 48.8 Å². The third-order valence-corrected chi connectivity index (χ3v) is 22.4. The van der Waals surface area contributed by atoms with Crippen molar-refractivity contribution in [3.05, 3.63) is 91.0 Å². The summed E-state index contributed by atoms with van der Waals surface area (Å²) in [6.45, 7) is 0. The number of fused-ring (bicyclic) bond motifs is 10. The first-order valence-corrected chi connectivity index (χ1v) is 20.3. The molecule has 9 rings (SSSR count). The Morgan fingerprint density at radius 2 is 0.756 bits per heavy atom. The molecule has 10 nitrogen and oxygen atoms in total. The van der Waals surface area contributed by atoms with E-state index < -0.39 is 18.2 Å². The van der Waals surface area contributed by atoms with Crippen molar-refractivity contribution >= 4 is 28.8 Å². The van der Waals surface area contributed by atoms with Crippen LogP contribution < -0.4 is 10.5 Å². The summed E-state index contributed by atoms with van der Waals surface area (Å²) in [7, 11) is 0. The fraction of sp³-hybridized carbons (Fsp3) is 0.400. The zero-order chi connectivity index (χ0) is 27.0. The number of hydrogen-bond acceptors (Lipinski definition) is 10. The summed E-state index contributed by atoms with van der Waals surface area (Å²) in [4.78, 5) is 25.4. The second-order valence-corrected chi connectivity index (χ2v) is 22.3. The van der Waals surface area contributed by atoms with E-state index in [9.17, 15) is 0 Å². The number of rotatable bonds is 7. The molecule has 8 unspecified atom stereocenters. The molecule has 6 aliphatic rings. The molecule has 0 amide bonds. The molecule has 0 saturated carbocycles. The molecule has 0 spiro atoms. The second-order valence-electron chi connectivity index (χ2n) is 11.4. The van der Waals surface area contributed by atoms with Crippen LogP contribution in [0, 0.1) is 0 Å². The van der Waals surface area contributed by atoms with Crippen LogP contribution in [0.2, 0.25) is 0 Å². The molecule has 0 aliphatic carbocycles. The van der Waals surface area contributed by atoms with Gasteiger partial charge in [0.05, 0.1) is 0 Å². The zero-order valence-corrected chi connectivity index (χ0v) is 24.8. The number of nitrogens with zero attached hydrogens (tertiary/aromatic N) is 2. The van der Waals surface area contributed by atoms with Gasteiger partial charge >= 0.3 is 240 Å². The van der Waals surface area contributed by atoms with Gasteiger partial charge in [0.2, 0.25) is 0 Å². The summed E-state index contributed by atoms with van der Waals surface area (Å²) in [6, 6.07) is 30.1. The van der Waals surface area contributed by atoms with Gasteiger partial charge in [0.15, 0.2) is 0 Å². The maximum atomic E-state index is 7.24. The van der Waals surface area contributed by atoms with Crippen molar-refractivity contribution in [3.8, 4) is 0 Å². The molecule has 0 radical (unpaired) electrons. The van der Waals surface area contributed by atoms with E-state index in [1.807, 2.05) is 91.0 Å².